The summed E-state index contributed by atoms with van der Waals surface area (Å²) >= 11 is 0. The van der Waals surface area contributed by atoms with Crippen LogP contribution in [0, 0.1) is 13.8 Å². The quantitative estimate of drug-likeness (QED) is 0.787. The molecule has 0 bridgehead atoms. The van der Waals surface area contributed by atoms with Crippen molar-refractivity contribution in [1.82, 2.24) is 0 Å². The minimum Gasteiger partial charge on any atom is -0.465 e. The number of esters is 1. The summed E-state index contributed by atoms with van der Waals surface area (Å²) < 4.78 is 4.69. The molecule has 0 aliphatic carbocycles. The molecule has 0 aromatic heterocycles. The minimum absolute atomic E-state index is 0.286. The number of carbonyl (C=O) groups excluding carboxylic acids is 1. The molecule has 2 aromatic rings. The Morgan fingerprint density at radius 3 is 2.00 bits per heavy atom. The van der Waals surface area contributed by atoms with Crippen molar-refractivity contribution in [3.8, 4) is 0 Å². The zero-order valence-electron chi connectivity index (χ0n) is 12.3. The molecule has 2 nitrogen and oxygen atoms in total. The van der Waals surface area contributed by atoms with Crippen molar-refractivity contribution in [2.24, 2.45) is 0 Å². The van der Waals surface area contributed by atoms with E-state index in [0.29, 0.717) is 5.56 Å². The first-order chi connectivity index (χ1) is 9.58. The highest BCUT2D eigenvalue weighted by atomic mass is 16.5. The SMILES string of the molecule is COC(=O)c1ccc(CCc2cc(C)cc(C)c2)cc1. The molecule has 20 heavy (non-hydrogen) atoms. The molecule has 0 radical (unpaired) electrons. The summed E-state index contributed by atoms with van der Waals surface area (Å²) in [6.45, 7) is 4.25. The molecule has 2 aromatic carbocycles. The van der Waals surface area contributed by atoms with Crippen LogP contribution in [0.5, 0.6) is 0 Å². The van der Waals surface area contributed by atoms with Gasteiger partial charge in [0.1, 0.15) is 0 Å². The van der Waals surface area contributed by atoms with Gasteiger partial charge in [0, 0.05) is 0 Å². The van der Waals surface area contributed by atoms with Crippen molar-refractivity contribution < 1.29 is 9.53 Å². The first-order valence-corrected chi connectivity index (χ1v) is 6.83. The molecule has 0 atom stereocenters. The molecule has 0 unspecified atom stereocenters. The van der Waals surface area contributed by atoms with Crippen molar-refractivity contribution in [1.29, 1.82) is 0 Å². The summed E-state index contributed by atoms with van der Waals surface area (Å²) in [6.07, 6.45) is 1.99. The van der Waals surface area contributed by atoms with Crippen LogP contribution in [-0.2, 0) is 17.6 Å². The lowest BCUT2D eigenvalue weighted by molar-refractivity contribution is 0.0600. The molecule has 104 valence electrons. The van der Waals surface area contributed by atoms with Crippen LogP contribution in [0.2, 0.25) is 0 Å². The number of aryl methyl sites for hydroxylation is 4. The second kappa shape index (κ2) is 6.38. The lowest BCUT2D eigenvalue weighted by atomic mass is 10.00. The highest BCUT2D eigenvalue weighted by molar-refractivity contribution is 5.89. The van der Waals surface area contributed by atoms with Gasteiger partial charge in [-0.3, -0.25) is 0 Å². The van der Waals surface area contributed by atoms with Crippen LogP contribution < -0.4 is 0 Å². The molecule has 0 spiro atoms. The van der Waals surface area contributed by atoms with E-state index in [4.69, 9.17) is 4.74 Å². The normalized spacial score (nSPS) is 10.3. The zero-order chi connectivity index (χ0) is 14.5. The second-order valence-electron chi connectivity index (χ2n) is 5.18. The Labute approximate surface area is 120 Å². The van der Waals surface area contributed by atoms with Crippen LogP contribution >= 0.6 is 0 Å². The summed E-state index contributed by atoms with van der Waals surface area (Å²) in [5.74, 6) is -0.286. The van der Waals surface area contributed by atoms with E-state index in [1.54, 1.807) is 0 Å². The zero-order valence-corrected chi connectivity index (χ0v) is 12.3. The highest BCUT2D eigenvalue weighted by Gasteiger charge is 2.04. The van der Waals surface area contributed by atoms with E-state index in [1.807, 2.05) is 24.3 Å². The van der Waals surface area contributed by atoms with E-state index in [2.05, 4.69) is 32.0 Å². The van der Waals surface area contributed by atoms with E-state index < -0.39 is 0 Å². The summed E-state index contributed by atoms with van der Waals surface area (Å²) in [4.78, 5) is 11.4. The van der Waals surface area contributed by atoms with Gasteiger partial charge in [-0.05, 0) is 49.9 Å². The van der Waals surface area contributed by atoms with Crippen LogP contribution in [0.3, 0.4) is 0 Å². The molecule has 0 aliphatic rings. The van der Waals surface area contributed by atoms with E-state index in [1.165, 1.54) is 29.4 Å². The molecule has 0 N–H and O–H groups in total. The van der Waals surface area contributed by atoms with Gasteiger partial charge >= 0.3 is 5.97 Å². The van der Waals surface area contributed by atoms with Crippen LogP contribution in [0.1, 0.15) is 32.6 Å². The number of methoxy groups -OCH3 is 1. The van der Waals surface area contributed by atoms with E-state index >= 15 is 0 Å². The fourth-order valence-corrected chi connectivity index (χ4v) is 2.43. The lowest BCUT2D eigenvalue weighted by Gasteiger charge is -2.06. The lowest BCUT2D eigenvalue weighted by Crippen LogP contribution is -2.01. The monoisotopic (exact) mass is 268 g/mol. The fraction of sp³-hybridized carbons (Fsp3) is 0.278. The third-order valence-electron chi connectivity index (χ3n) is 3.36. The topological polar surface area (TPSA) is 26.3 Å². The number of ether oxygens (including phenoxy) is 1. The molecule has 0 amide bonds. The van der Waals surface area contributed by atoms with E-state index in [0.717, 1.165) is 12.8 Å². The summed E-state index contributed by atoms with van der Waals surface area (Å²) in [5, 5.41) is 0. The van der Waals surface area contributed by atoms with Gasteiger partial charge in [0.2, 0.25) is 0 Å². The smallest absolute Gasteiger partial charge is 0.337 e. The van der Waals surface area contributed by atoms with Gasteiger partial charge in [0.15, 0.2) is 0 Å². The maximum atomic E-state index is 11.4. The third-order valence-corrected chi connectivity index (χ3v) is 3.36. The number of hydrogen-bond donors (Lipinski definition) is 0. The highest BCUT2D eigenvalue weighted by Crippen LogP contribution is 2.13. The molecular weight excluding hydrogens is 248 g/mol. The fourth-order valence-electron chi connectivity index (χ4n) is 2.43. The van der Waals surface area contributed by atoms with Crippen molar-refractivity contribution in [2.75, 3.05) is 7.11 Å². The van der Waals surface area contributed by atoms with E-state index in [9.17, 15) is 4.79 Å². The average Bonchev–Trinajstić information content (AvgIpc) is 2.44. The number of hydrogen-bond acceptors (Lipinski definition) is 2. The second-order valence-corrected chi connectivity index (χ2v) is 5.18. The maximum Gasteiger partial charge on any atom is 0.337 e. The molecule has 0 saturated heterocycles. The van der Waals surface area contributed by atoms with Crippen LogP contribution in [0.25, 0.3) is 0 Å². The Balaban J connectivity index is 2.02. The molecule has 2 rings (SSSR count). The van der Waals surface area contributed by atoms with Crippen molar-refractivity contribution in [3.05, 3.63) is 70.3 Å². The number of rotatable bonds is 4. The predicted molar refractivity (Wildman–Crippen MR) is 81.1 cm³/mol. The predicted octanol–water partition coefficient (Wildman–Crippen LogP) is 3.88. The van der Waals surface area contributed by atoms with Crippen LogP contribution in [0.4, 0.5) is 0 Å². The van der Waals surface area contributed by atoms with Crippen LogP contribution in [-0.4, -0.2) is 13.1 Å². The summed E-state index contributed by atoms with van der Waals surface area (Å²) in [5.41, 5.74) is 5.81. The maximum absolute atomic E-state index is 11.4. The first-order valence-electron chi connectivity index (χ1n) is 6.83. The number of benzene rings is 2. The molecule has 0 saturated carbocycles. The van der Waals surface area contributed by atoms with Gasteiger partial charge < -0.3 is 4.74 Å². The number of carbonyl (C=O) groups is 1. The largest absolute Gasteiger partial charge is 0.465 e. The van der Waals surface area contributed by atoms with Gasteiger partial charge in [-0.1, -0.05) is 41.5 Å². The molecule has 2 heteroatoms. The van der Waals surface area contributed by atoms with Crippen molar-refractivity contribution in [2.45, 2.75) is 26.7 Å². The standard InChI is InChI=1S/C18H20O2/c1-13-10-14(2)12-16(11-13)5-4-15-6-8-17(9-7-15)18(19)20-3/h6-12H,4-5H2,1-3H3. The van der Waals surface area contributed by atoms with Gasteiger partial charge in [-0.15, -0.1) is 0 Å². The molecule has 0 aliphatic heterocycles. The summed E-state index contributed by atoms with van der Waals surface area (Å²) in [6, 6.07) is 14.3. The third kappa shape index (κ3) is 3.70. The van der Waals surface area contributed by atoms with Crippen LogP contribution in [0.15, 0.2) is 42.5 Å². The Kier molecular flexibility index (Phi) is 4.57. The Morgan fingerprint density at radius 2 is 1.45 bits per heavy atom. The van der Waals surface area contributed by atoms with Gasteiger partial charge in [0.25, 0.3) is 0 Å². The average molecular weight is 268 g/mol. The molecular formula is C18H20O2. The summed E-state index contributed by atoms with van der Waals surface area (Å²) in [7, 11) is 1.40. The Morgan fingerprint density at radius 1 is 0.900 bits per heavy atom. The molecule has 0 heterocycles. The van der Waals surface area contributed by atoms with Crippen molar-refractivity contribution in [3.63, 3.8) is 0 Å². The van der Waals surface area contributed by atoms with Gasteiger partial charge in [-0.25, -0.2) is 4.79 Å². The van der Waals surface area contributed by atoms with Gasteiger partial charge in [0.05, 0.1) is 12.7 Å². The van der Waals surface area contributed by atoms with Crippen molar-refractivity contribution >= 4 is 5.97 Å². The van der Waals surface area contributed by atoms with Gasteiger partial charge in [-0.2, -0.15) is 0 Å². The Hall–Kier alpha value is -2.09. The minimum atomic E-state index is -0.286. The first kappa shape index (κ1) is 14.3. The molecule has 0 fully saturated rings. The Bertz CT molecular complexity index is 577. The van der Waals surface area contributed by atoms with E-state index in [-0.39, 0.29) is 5.97 Å².